The predicted molar refractivity (Wildman–Crippen MR) is 131 cm³/mol. The first-order valence-corrected chi connectivity index (χ1v) is 10.9. The van der Waals surface area contributed by atoms with E-state index in [0.717, 1.165) is 16.9 Å². The van der Waals surface area contributed by atoms with Gasteiger partial charge in [0.05, 0.1) is 12.3 Å². The lowest BCUT2D eigenvalue weighted by Crippen LogP contribution is -2.31. The first kappa shape index (κ1) is 22.5. The maximum Gasteiger partial charge on any atom is 0.281 e. The Morgan fingerprint density at radius 3 is 2.36 bits per heavy atom. The third kappa shape index (κ3) is 4.88. The summed E-state index contributed by atoms with van der Waals surface area (Å²) >= 11 is 5.56. The van der Waals surface area contributed by atoms with Gasteiger partial charge in [0.2, 0.25) is 0 Å². The van der Waals surface area contributed by atoms with Gasteiger partial charge in [0.25, 0.3) is 5.91 Å². The lowest BCUT2D eigenvalue weighted by molar-refractivity contribution is -0.114. The number of carbonyl (C=O) groups is 1. The Morgan fingerprint density at radius 2 is 1.67 bits per heavy atom. The summed E-state index contributed by atoms with van der Waals surface area (Å²) in [5, 5.41) is 0.389. The van der Waals surface area contributed by atoms with Gasteiger partial charge < -0.3 is 14.4 Å². The van der Waals surface area contributed by atoms with Gasteiger partial charge in [-0.3, -0.25) is 9.69 Å². The van der Waals surface area contributed by atoms with Crippen molar-refractivity contribution in [2.24, 2.45) is 0 Å². The summed E-state index contributed by atoms with van der Waals surface area (Å²) in [6, 6.07) is 20.8. The average molecular weight is 463 g/mol. The Labute approximate surface area is 197 Å². The second kappa shape index (κ2) is 9.83. The van der Waals surface area contributed by atoms with Crippen LogP contribution in [-0.2, 0) is 11.4 Å². The van der Waals surface area contributed by atoms with Gasteiger partial charge in [-0.15, -0.1) is 0 Å². The Morgan fingerprint density at radius 1 is 0.970 bits per heavy atom. The Bertz CT molecular complexity index is 1190. The van der Waals surface area contributed by atoms with Crippen LogP contribution in [0.1, 0.15) is 18.1 Å². The first-order valence-electron chi connectivity index (χ1n) is 10.5. The van der Waals surface area contributed by atoms with Crippen LogP contribution in [0.25, 0.3) is 6.08 Å². The molecule has 1 heterocycles. The fraction of sp³-hybridized carbons (Fsp3) is 0.154. The molecule has 5 nitrogen and oxygen atoms in total. The summed E-state index contributed by atoms with van der Waals surface area (Å²) in [6.07, 6.45) is 1.77. The van der Waals surface area contributed by atoms with E-state index < -0.39 is 0 Å². The summed E-state index contributed by atoms with van der Waals surface area (Å²) in [7, 11) is 1.77. The zero-order valence-electron chi connectivity index (χ0n) is 18.3. The maximum atomic E-state index is 13.3. The van der Waals surface area contributed by atoms with E-state index in [-0.39, 0.29) is 18.3 Å². The summed E-state index contributed by atoms with van der Waals surface area (Å²) < 4.78 is 24.6. The molecule has 1 fully saturated rings. The molecule has 0 atom stereocenters. The predicted octanol–water partition coefficient (Wildman–Crippen LogP) is 5.41. The van der Waals surface area contributed by atoms with Gasteiger partial charge in [0.1, 0.15) is 29.6 Å². The van der Waals surface area contributed by atoms with Crippen LogP contribution in [0.2, 0.25) is 0 Å². The minimum Gasteiger partial charge on any atom is -0.494 e. The van der Waals surface area contributed by atoms with Crippen LogP contribution in [0.4, 0.5) is 10.1 Å². The summed E-state index contributed by atoms with van der Waals surface area (Å²) in [5.41, 5.74) is 2.69. The highest BCUT2D eigenvalue weighted by Crippen LogP contribution is 2.31. The zero-order chi connectivity index (χ0) is 23.4. The van der Waals surface area contributed by atoms with Crippen molar-refractivity contribution >= 4 is 35.0 Å². The quantitative estimate of drug-likeness (QED) is 0.347. The molecule has 0 N–H and O–H groups in total. The molecule has 3 aromatic rings. The largest absolute Gasteiger partial charge is 0.494 e. The number of hydrogen-bond acceptors (Lipinski definition) is 4. The minimum atomic E-state index is -0.292. The standard InChI is InChI=1S/C26H23FN2O3S/c1-3-31-22-14-12-21(13-15-22)29-25(30)23(28(2)26(29)33)16-19-6-4-5-7-24(19)32-17-18-8-10-20(27)11-9-18/h4-16H,3,17H2,1-2H3/b23-16-. The van der Waals surface area contributed by atoms with E-state index in [1.54, 1.807) is 30.2 Å². The highest BCUT2D eigenvalue weighted by Gasteiger charge is 2.37. The van der Waals surface area contributed by atoms with E-state index in [1.807, 2.05) is 55.5 Å². The van der Waals surface area contributed by atoms with Crippen LogP contribution in [0, 0.1) is 5.82 Å². The zero-order valence-corrected chi connectivity index (χ0v) is 19.1. The van der Waals surface area contributed by atoms with Gasteiger partial charge in [-0.05, 0) is 73.2 Å². The summed E-state index contributed by atoms with van der Waals surface area (Å²) in [6.45, 7) is 2.76. The van der Waals surface area contributed by atoms with Gasteiger partial charge in [0, 0.05) is 12.6 Å². The Balaban J connectivity index is 1.58. The number of likely N-dealkylation sites (N-methyl/N-ethyl adjacent to an activating group) is 1. The van der Waals surface area contributed by atoms with Gasteiger partial charge in [-0.2, -0.15) is 0 Å². The number of thiocarbonyl (C=S) groups is 1. The normalized spacial score (nSPS) is 14.8. The van der Waals surface area contributed by atoms with Crippen LogP contribution in [0.15, 0.2) is 78.5 Å². The fourth-order valence-electron chi connectivity index (χ4n) is 3.46. The molecule has 0 unspecified atom stereocenters. The van der Waals surface area contributed by atoms with Crippen LogP contribution in [-0.4, -0.2) is 29.6 Å². The van der Waals surface area contributed by atoms with E-state index in [9.17, 15) is 9.18 Å². The molecular formula is C26H23FN2O3S. The van der Waals surface area contributed by atoms with Crippen molar-refractivity contribution in [3.63, 3.8) is 0 Å². The molecule has 0 saturated carbocycles. The van der Waals surface area contributed by atoms with E-state index in [1.165, 1.54) is 17.0 Å². The third-order valence-electron chi connectivity index (χ3n) is 5.19. The lowest BCUT2D eigenvalue weighted by Gasteiger charge is -2.16. The van der Waals surface area contributed by atoms with Crippen molar-refractivity contribution in [2.75, 3.05) is 18.6 Å². The smallest absolute Gasteiger partial charge is 0.281 e. The summed E-state index contributed by atoms with van der Waals surface area (Å²) in [5.74, 6) is 0.829. The fourth-order valence-corrected chi connectivity index (χ4v) is 3.75. The van der Waals surface area contributed by atoms with Crippen LogP contribution < -0.4 is 14.4 Å². The molecule has 1 saturated heterocycles. The maximum absolute atomic E-state index is 13.3. The molecule has 0 bridgehead atoms. The molecule has 33 heavy (non-hydrogen) atoms. The number of amides is 1. The first-order chi connectivity index (χ1) is 16.0. The molecular weight excluding hydrogens is 439 g/mol. The van der Waals surface area contributed by atoms with Crippen molar-refractivity contribution in [2.45, 2.75) is 13.5 Å². The number of nitrogens with zero attached hydrogens (tertiary/aromatic N) is 2. The highest BCUT2D eigenvalue weighted by molar-refractivity contribution is 7.80. The number of rotatable bonds is 7. The molecule has 4 rings (SSSR count). The van der Waals surface area contributed by atoms with E-state index in [2.05, 4.69) is 0 Å². The molecule has 1 aliphatic heterocycles. The van der Waals surface area contributed by atoms with Crippen molar-refractivity contribution in [3.8, 4) is 11.5 Å². The van der Waals surface area contributed by atoms with E-state index >= 15 is 0 Å². The number of para-hydroxylation sites is 1. The van der Waals surface area contributed by atoms with Crippen LogP contribution in [0.3, 0.4) is 0 Å². The van der Waals surface area contributed by atoms with Gasteiger partial charge in [0.15, 0.2) is 5.11 Å². The molecule has 1 aliphatic rings. The summed E-state index contributed by atoms with van der Waals surface area (Å²) in [4.78, 5) is 16.5. The minimum absolute atomic E-state index is 0.222. The van der Waals surface area contributed by atoms with Crippen molar-refractivity contribution in [1.82, 2.24) is 4.90 Å². The molecule has 0 aromatic heterocycles. The van der Waals surface area contributed by atoms with E-state index in [4.69, 9.17) is 21.7 Å². The van der Waals surface area contributed by atoms with Crippen molar-refractivity contribution < 1.29 is 18.7 Å². The van der Waals surface area contributed by atoms with E-state index in [0.29, 0.717) is 28.9 Å². The molecule has 3 aromatic carbocycles. The number of anilines is 1. The van der Waals surface area contributed by atoms with Gasteiger partial charge in [-0.25, -0.2) is 4.39 Å². The molecule has 0 spiro atoms. The topological polar surface area (TPSA) is 42.0 Å². The number of hydrogen-bond donors (Lipinski definition) is 0. The monoisotopic (exact) mass is 462 g/mol. The molecule has 1 amide bonds. The average Bonchev–Trinajstić information content (AvgIpc) is 3.03. The highest BCUT2D eigenvalue weighted by atomic mass is 32.1. The number of ether oxygens (including phenoxy) is 2. The van der Waals surface area contributed by atoms with Crippen LogP contribution in [0.5, 0.6) is 11.5 Å². The van der Waals surface area contributed by atoms with Crippen LogP contribution >= 0.6 is 12.2 Å². The second-order valence-electron chi connectivity index (χ2n) is 7.39. The Kier molecular flexibility index (Phi) is 6.70. The molecule has 7 heteroatoms. The lowest BCUT2D eigenvalue weighted by atomic mass is 10.1. The third-order valence-corrected chi connectivity index (χ3v) is 5.64. The van der Waals surface area contributed by atoms with Crippen molar-refractivity contribution in [3.05, 3.63) is 95.4 Å². The number of benzene rings is 3. The molecule has 168 valence electrons. The SMILES string of the molecule is CCOc1ccc(N2C(=O)/C(=C/c3ccccc3OCc3ccc(F)cc3)N(C)C2=S)cc1. The number of carbonyl (C=O) groups excluding carboxylic acids is 1. The second-order valence-corrected chi connectivity index (χ2v) is 7.76. The molecule has 0 aliphatic carbocycles. The Hall–Kier alpha value is -3.71. The van der Waals surface area contributed by atoms with Gasteiger partial charge >= 0.3 is 0 Å². The number of halogens is 1. The van der Waals surface area contributed by atoms with Gasteiger partial charge in [-0.1, -0.05) is 30.3 Å². The van der Waals surface area contributed by atoms with Crippen molar-refractivity contribution in [1.29, 1.82) is 0 Å². The molecule has 0 radical (unpaired) electrons.